The number of anilines is 1. The lowest BCUT2D eigenvalue weighted by atomic mass is 10.0. The van der Waals surface area contributed by atoms with Crippen molar-refractivity contribution in [3.05, 3.63) is 88.9 Å². The van der Waals surface area contributed by atoms with Crippen molar-refractivity contribution in [2.45, 2.75) is 31.7 Å². The van der Waals surface area contributed by atoms with Crippen LogP contribution in [0.25, 0.3) is 11.1 Å². The van der Waals surface area contributed by atoms with Gasteiger partial charge in [0.05, 0.1) is 12.1 Å². The van der Waals surface area contributed by atoms with Crippen LogP contribution < -0.4 is 9.62 Å². The highest BCUT2D eigenvalue weighted by Gasteiger charge is 2.29. The Morgan fingerprint density at radius 1 is 0.914 bits per heavy atom. The van der Waals surface area contributed by atoms with E-state index in [1.54, 1.807) is 24.3 Å². The zero-order chi connectivity index (χ0) is 25.2. The quantitative estimate of drug-likeness (QED) is 0.213. The molecule has 0 saturated carbocycles. The van der Waals surface area contributed by atoms with Crippen LogP contribution in [0.2, 0.25) is 0 Å². The minimum absolute atomic E-state index is 0.102. The number of carboxylic acid groups (broad SMARTS) is 1. The van der Waals surface area contributed by atoms with Gasteiger partial charge in [0, 0.05) is 11.0 Å². The fraction of sp³-hybridized carbons (Fsp3) is 0.231. The Morgan fingerprint density at radius 3 is 2.09 bits per heavy atom. The van der Waals surface area contributed by atoms with E-state index < -0.39 is 23.3 Å². The van der Waals surface area contributed by atoms with Gasteiger partial charge < -0.3 is 10.4 Å². The van der Waals surface area contributed by atoms with Crippen molar-refractivity contribution < 1.29 is 23.5 Å². The molecule has 3 rings (SSSR count). The summed E-state index contributed by atoms with van der Waals surface area (Å²) in [5, 5.41) is 12.6. The molecule has 3 aromatic rings. The van der Waals surface area contributed by atoms with Crippen LogP contribution in [0.4, 0.5) is 5.69 Å². The second kappa shape index (κ2) is 13.2. The second-order valence-corrected chi connectivity index (χ2v) is 9.74. The predicted molar refractivity (Wildman–Crippen MR) is 141 cm³/mol. The Kier molecular flexibility index (Phi) is 10.0. The Balaban J connectivity index is 1.57. The number of hydrogen-bond donors (Lipinski definition) is 3. The van der Waals surface area contributed by atoms with Crippen LogP contribution in [0, 0.1) is 0 Å². The standard InChI is InChI=1S/C26H27BrN2O5S/c27-22-13-9-20(10-14-22)21-11-15-23(16-12-21)29(35(33)34)24(26(31)32)8-4-5-17-28-25(30)18-19-6-2-1-3-7-19/h1-3,6-7,9-16,24H,4-5,8,17-18H2,(H,28,30)(H,31,32)(H,33,34). The van der Waals surface area contributed by atoms with Crippen LogP contribution >= 0.6 is 15.9 Å². The van der Waals surface area contributed by atoms with Gasteiger partial charge in [-0.15, -0.1) is 0 Å². The van der Waals surface area contributed by atoms with Crippen molar-refractivity contribution >= 4 is 44.8 Å². The molecular formula is C26H27BrN2O5S. The number of aliphatic carboxylic acids is 1. The van der Waals surface area contributed by atoms with Gasteiger partial charge in [0.15, 0.2) is 0 Å². The number of nitrogens with zero attached hydrogens (tertiary/aromatic N) is 1. The molecule has 2 atom stereocenters. The topological polar surface area (TPSA) is 107 Å². The van der Waals surface area contributed by atoms with Crippen LogP contribution in [0.15, 0.2) is 83.3 Å². The third kappa shape index (κ3) is 8.02. The summed E-state index contributed by atoms with van der Waals surface area (Å²) < 4.78 is 24.0. The van der Waals surface area contributed by atoms with E-state index in [1.165, 1.54) is 0 Å². The summed E-state index contributed by atoms with van der Waals surface area (Å²) in [6, 6.07) is 22.8. The minimum atomic E-state index is -2.52. The minimum Gasteiger partial charge on any atom is -0.480 e. The number of nitrogens with one attached hydrogen (secondary N) is 1. The molecule has 0 saturated heterocycles. The van der Waals surface area contributed by atoms with E-state index >= 15 is 0 Å². The molecule has 3 N–H and O–H groups in total. The summed E-state index contributed by atoms with van der Waals surface area (Å²) in [4.78, 5) is 24.0. The van der Waals surface area contributed by atoms with Gasteiger partial charge in [-0.1, -0.05) is 70.5 Å². The molecule has 0 spiro atoms. The summed E-state index contributed by atoms with van der Waals surface area (Å²) in [6.45, 7) is 0.405. The average Bonchev–Trinajstić information content (AvgIpc) is 2.84. The van der Waals surface area contributed by atoms with E-state index in [0.717, 1.165) is 25.5 Å². The van der Waals surface area contributed by atoms with Gasteiger partial charge in [-0.3, -0.25) is 13.7 Å². The molecule has 0 aromatic heterocycles. The van der Waals surface area contributed by atoms with E-state index in [-0.39, 0.29) is 18.7 Å². The zero-order valence-corrected chi connectivity index (χ0v) is 21.4. The van der Waals surface area contributed by atoms with E-state index in [2.05, 4.69) is 21.2 Å². The lowest BCUT2D eigenvalue weighted by molar-refractivity contribution is -0.138. The van der Waals surface area contributed by atoms with Crippen LogP contribution in [0.5, 0.6) is 0 Å². The fourth-order valence-corrected chi connectivity index (χ4v) is 4.68. The number of carboxylic acids is 1. The van der Waals surface area contributed by atoms with Gasteiger partial charge >= 0.3 is 5.97 Å². The Bertz CT molecular complexity index is 1140. The molecule has 0 fully saturated rings. The van der Waals surface area contributed by atoms with E-state index in [0.29, 0.717) is 25.1 Å². The smallest absolute Gasteiger partial charge is 0.327 e. The van der Waals surface area contributed by atoms with Gasteiger partial charge in [-0.25, -0.2) is 9.00 Å². The lowest BCUT2D eigenvalue weighted by Gasteiger charge is -2.27. The molecule has 0 heterocycles. The molecule has 0 aliphatic rings. The van der Waals surface area contributed by atoms with Gasteiger partial charge in [0.1, 0.15) is 6.04 Å². The molecule has 2 unspecified atom stereocenters. The SMILES string of the molecule is O=C(Cc1ccccc1)NCCCCC(C(=O)O)N(c1ccc(-c2ccc(Br)cc2)cc1)S(=O)O. The third-order valence-electron chi connectivity index (χ3n) is 5.47. The number of amides is 1. The van der Waals surface area contributed by atoms with Crippen molar-refractivity contribution in [3.8, 4) is 11.1 Å². The van der Waals surface area contributed by atoms with Crippen molar-refractivity contribution in [2.75, 3.05) is 10.8 Å². The first-order valence-electron chi connectivity index (χ1n) is 11.1. The number of carbonyl (C=O) groups is 2. The Morgan fingerprint density at radius 2 is 1.51 bits per heavy atom. The highest BCUT2D eigenvalue weighted by Crippen LogP contribution is 2.27. The largest absolute Gasteiger partial charge is 0.480 e. The summed E-state index contributed by atoms with van der Waals surface area (Å²) >= 11 is 0.880. The second-order valence-electron chi connectivity index (χ2n) is 7.97. The van der Waals surface area contributed by atoms with E-state index in [4.69, 9.17) is 0 Å². The number of rotatable bonds is 12. The molecule has 0 radical (unpaired) electrons. The maximum absolute atomic E-state index is 12.1. The Hall–Kier alpha value is -3.01. The van der Waals surface area contributed by atoms with Crippen molar-refractivity contribution in [2.24, 2.45) is 0 Å². The predicted octanol–water partition coefficient (Wildman–Crippen LogP) is 5.04. The third-order valence-corrected chi connectivity index (χ3v) is 6.80. The number of unbranched alkanes of at least 4 members (excludes halogenated alkanes) is 1. The molecule has 0 aliphatic heterocycles. The summed E-state index contributed by atoms with van der Waals surface area (Å²) in [7, 11) is 0. The summed E-state index contributed by atoms with van der Waals surface area (Å²) in [5.41, 5.74) is 3.14. The molecule has 3 aromatic carbocycles. The first-order chi connectivity index (χ1) is 16.8. The number of carbonyl (C=O) groups excluding carboxylic acids is 1. The highest BCUT2D eigenvalue weighted by molar-refractivity contribution is 9.10. The van der Waals surface area contributed by atoms with E-state index in [1.807, 2.05) is 54.6 Å². The fourth-order valence-electron chi connectivity index (χ4n) is 3.70. The van der Waals surface area contributed by atoms with Crippen LogP contribution in [0.3, 0.4) is 0 Å². The molecule has 0 bridgehead atoms. The molecule has 7 nitrogen and oxygen atoms in total. The number of halogens is 1. The molecule has 1 amide bonds. The van der Waals surface area contributed by atoms with Gasteiger partial charge in [0.2, 0.25) is 5.91 Å². The molecule has 0 aliphatic carbocycles. The van der Waals surface area contributed by atoms with Gasteiger partial charge in [-0.05, 0) is 60.2 Å². The van der Waals surface area contributed by atoms with Crippen LogP contribution in [-0.4, -0.2) is 38.3 Å². The number of benzene rings is 3. The molecular weight excluding hydrogens is 532 g/mol. The first kappa shape index (κ1) is 26.6. The van der Waals surface area contributed by atoms with Crippen LogP contribution in [0.1, 0.15) is 24.8 Å². The van der Waals surface area contributed by atoms with E-state index in [9.17, 15) is 23.5 Å². The normalized spacial score (nSPS) is 12.5. The summed E-state index contributed by atoms with van der Waals surface area (Å²) in [6.07, 6.45) is 1.46. The zero-order valence-electron chi connectivity index (χ0n) is 19.0. The van der Waals surface area contributed by atoms with Crippen LogP contribution in [-0.2, 0) is 27.3 Å². The molecule has 35 heavy (non-hydrogen) atoms. The number of hydrogen-bond acceptors (Lipinski definition) is 3. The lowest BCUT2D eigenvalue weighted by Crippen LogP contribution is -2.42. The van der Waals surface area contributed by atoms with Gasteiger partial charge in [0.25, 0.3) is 11.3 Å². The summed E-state index contributed by atoms with van der Waals surface area (Å²) in [5.74, 6) is -1.28. The maximum Gasteiger partial charge on any atom is 0.327 e. The molecule has 184 valence electrons. The van der Waals surface area contributed by atoms with Crippen molar-refractivity contribution in [1.29, 1.82) is 0 Å². The highest BCUT2D eigenvalue weighted by atomic mass is 79.9. The monoisotopic (exact) mass is 558 g/mol. The van der Waals surface area contributed by atoms with Gasteiger partial charge in [-0.2, -0.15) is 0 Å². The first-order valence-corrected chi connectivity index (χ1v) is 13.0. The average molecular weight is 559 g/mol. The maximum atomic E-state index is 12.1. The van der Waals surface area contributed by atoms with Crippen molar-refractivity contribution in [1.82, 2.24) is 5.32 Å². The Labute approximate surface area is 215 Å². The molecule has 9 heteroatoms. The van der Waals surface area contributed by atoms with Crippen molar-refractivity contribution in [3.63, 3.8) is 0 Å².